The van der Waals surface area contributed by atoms with Crippen molar-refractivity contribution >= 4 is 44.0 Å². The molecule has 0 aliphatic rings. The number of aliphatic hydroxyl groups is 1. The quantitative estimate of drug-likeness (QED) is 0.719. The lowest BCUT2D eigenvalue weighted by molar-refractivity contribution is 0.280. The lowest BCUT2D eigenvalue weighted by Crippen LogP contribution is -2.12. The van der Waals surface area contributed by atoms with E-state index in [0.717, 1.165) is 21.2 Å². The Morgan fingerprint density at radius 2 is 2.19 bits per heavy atom. The maximum Gasteiger partial charge on any atom is 0.137 e. The summed E-state index contributed by atoms with van der Waals surface area (Å²) in [5.41, 5.74) is 0.893. The van der Waals surface area contributed by atoms with Gasteiger partial charge in [-0.25, -0.2) is 9.97 Å². The van der Waals surface area contributed by atoms with Crippen LogP contribution in [-0.4, -0.2) is 21.7 Å². The highest BCUT2D eigenvalue weighted by Gasteiger charge is 2.14. The molecule has 2 heterocycles. The molecule has 1 aromatic carbocycles. The monoisotopic (exact) mass is 363 g/mol. The van der Waals surface area contributed by atoms with Gasteiger partial charge in [-0.3, -0.25) is 0 Å². The topological polar surface area (TPSA) is 58.0 Å². The van der Waals surface area contributed by atoms with E-state index in [1.54, 1.807) is 17.7 Å². The predicted octanol–water partition coefficient (Wildman–Crippen LogP) is 3.99. The summed E-state index contributed by atoms with van der Waals surface area (Å²) in [4.78, 5) is 9.83. The minimum Gasteiger partial charge on any atom is -0.396 e. The molecule has 0 aliphatic heterocycles. The third kappa shape index (κ3) is 3.23. The van der Waals surface area contributed by atoms with Crippen molar-refractivity contribution in [2.24, 2.45) is 0 Å². The number of thiophene rings is 1. The lowest BCUT2D eigenvalue weighted by atomic mass is 10.1. The first kappa shape index (κ1) is 14.4. The molecular formula is C15H14BrN3OS. The summed E-state index contributed by atoms with van der Waals surface area (Å²) in [6.45, 7) is 0.127. The van der Waals surface area contributed by atoms with Gasteiger partial charge >= 0.3 is 0 Å². The van der Waals surface area contributed by atoms with Crippen molar-refractivity contribution in [3.05, 3.63) is 51.4 Å². The van der Waals surface area contributed by atoms with E-state index >= 15 is 0 Å². The van der Waals surface area contributed by atoms with Crippen molar-refractivity contribution in [1.82, 2.24) is 9.97 Å². The third-order valence-electron chi connectivity index (χ3n) is 3.21. The number of benzene rings is 1. The van der Waals surface area contributed by atoms with Crippen molar-refractivity contribution < 1.29 is 5.11 Å². The van der Waals surface area contributed by atoms with Crippen LogP contribution in [0, 0.1) is 0 Å². The zero-order chi connectivity index (χ0) is 14.7. The molecule has 2 aromatic heterocycles. The smallest absolute Gasteiger partial charge is 0.137 e. The van der Waals surface area contributed by atoms with Crippen LogP contribution in [0.1, 0.15) is 17.3 Å². The maximum atomic E-state index is 9.30. The molecule has 0 saturated carbocycles. The summed E-state index contributed by atoms with van der Waals surface area (Å²) in [5.74, 6) is 0.785. The Bertz CT molecular complexity index is 733. The standard InChI is InChI=1S/C15H14BrN3OS/c16-10-3-4-12-11(8-10)15(18-9-17-12)19-13(5-6-20)14-2-1-7-21-14/h1-4,7-9,13,20H,5-6H2,(H,17,18,19). The molecule has 0 bridgehead atoms. The van der Waals surface area contributed by atoms with Gasteiger partial charge in [0.05, 0.1) is 11.6 Å². The van der Waals surface area contributed by atoms with E-state index in [1.165, 1.54) is 4.88 Å². The zero-order valence-corrected chi connectivity index (χ0v) is 13.6. The largest absolute Gasteiger partial charge is 0.396 e. The van der Waals surface area contributed by atoms with E-state index in [9.17, 15) is 5.11 Å². The molecule has 4 nitrogen and oxygen atoms in total. The highest BCUT2D eigenvalue weighted by atomic mass is 79.9. The van der Waals surface area contributed by atoms with Crippen molar-refractivity contribution in [2.75, 3.05) is 11.9 Å². The molecular weight excluding hydrogens is 350 g/mol. The zero-order valence-electron chi connectivity index (χ0n) is 11.2. The Morgan fingerprint density at radius 1 is 1.29 bits per heavy atom. The van der Waals surface area contributed by atoms with Gasteiger partial charge in [0, 0.05) is 21.3 Å². The molecule has 3 rings (SSSR count). The van der Waals surface area contributed by atoms with E-state index in [1.807, 2.05) is 29.6 Å². The number of nitrogens with one attached hydrogen (secondary N) is 1. The molecule has 2 N–H and O–H groups in total. The summed E-state index contributed by atoms with van der Waals surface area (Å²) in [6.07, 6.45) is 2.20. The molecule has 0 fully saturated rings. The molecule has 108 valence electrons. The molecule has 1 unspecified atom stereocenters. The second-order valence-electron chi connectivity index (χ2n) is 4.61. The Morgan fingerprint density at radius 3 is 2.95 bits per heavy atom. The number of hydrogen-bond donors (Lipinski definition) is 2. The Labute approximate surface area is 135 Å². The van der Waals surface area contributed by atoms with Gasteiger partial charge in [-0.1, -0.05) is 22.0 Å². The summed E-state index contributed by atoms with van der Waals surface area (Å²) in [7, 11) is 0. The minimum absolute atomic E-state index is 0.0482. The second-order valence-corrected chi connectivity index (χ2v) is 6.50. The number of hydrogen-bond acceptors (Lipinski definition) is 5. The first-order chi connectivity index (χ1) is 10.3. The first-order valence-electron chi connectivity index (χ1n) is 6.59. The normalized spacial score (nSPS) is 12.5. The van der Waals surface area contributed by atoms with Gasteiger partial charge in [-0.05, 0) is 36.1 Å². The van der Waals surface area contributed by atoms with Crippen LogP contribution in [-0.2, 0) is 0 Å². The fraction of sp³-hybridized carbons (Fsp3) is 0.200. The van der Waals surface area contributed by atoms with Crippen molar-refractivity contribution in [2.45, 2.75) is 12.5 Å². The molecule has 6 heteroatoms. The van der Waals surface area contributed by atoms with Crippen molar-refractivity contribution in [1.29, 1.82) is 0 Å². The van der Waals surface area contributed by atoms with Crippen LogP contribution in [0.15, 0.2) is 46.5 Å². The van der Waals surface area contributed by atoms with Crippen molar-refractivity contribution in [3.63, 3.8) is 0 Å². The van der Waals surface area contributed by atoms with Crippen LogP contribution in [0.25, 0.3) is 10.9 Å². The summed E-state index contributed by atoms with van der Waals surface area (Å²) >= 11 is 5.15. The van der Waals surface area contributed by atoms with Crippen LogP contribution in [0.2, 0.25) is 0 Å². The second kappa shape index (κ2) is 6.51. The number of halogens is 1. The average Bonchev–Trinajstić information content (AvgIpc) is 3.01. The molecule has 0 radical (unpaired) electrons. The Kier molecular flexibility index (Phi) is 4.48. The van der Waals surface area contributed by atoms with Crippen LogP contribution in [0.3, 0.4) is 0 Å². The molecule has 0 aliphatic carbocycles. The van der Waals surface area contributed by atoms with Crippen molar-refractivity contribution in [3.8, 4) is 0 Å². The van der Waals surface area contributed by atoms with Gasteiger partial charge in [0.2, 0.25) is 0 Å². The highest BCUT2D eigenvalue weighted by Crippen LogP contribution is 2.29. The summed E-state index contributed by atoms with van der Waals surface area (Å²) < 4.78 is 0.989. The number of fused-ring (bicyclic) bond motifs is 1. The fourth-order valence-corrected chi connectivity index (χ4v) is 3.39. The molecule has 0 spiro atoms. The molecule has 1 atom stereocenters. The Balaban J connectivity index is 1.97. The number of rotatable bonds is 5. The van der Waals surface area contributed by atoms with Crippen LogP contribution >= 0.6 is 27.3 Å². The van der Waals surface area contributed by atoms with Gasteiger partial charge in [0.25, 0.3) is 0 Å². The molecule has 0 amide bonds. The van der Waals surface area contributed by atoms with E-state index < -0.39 is 0 Å². The molecule has 0 saturated heterocycles. The van der Waals surface area contributed by atoms with Crippen LogP contribution in [0.5, 0.6) is 0 Å². The predicted molar refractivity (Wildman–Crippen MR) is 89.6 cm³/mol. The summed E-state index contributed by atoms with van der Waals surface area (Å²) in [5, 5.41) is 15.7. The van der Waals surface area contributed by atoms with Crippen LogP contribution < -0.4 is 5.32 Å². The average molecular weight is 364 g/mol. The molecule has 3 aromatic rings. The lowest BCUT2D eigenvalue weighted by Gasteiger charge is -2.18. The van der Waals surface area contributed by atoms with Gasteiger partial charge in [-0.15, -0.1) is 11.3 Å². The number of nitrogens with zero attached hydrogens (tertiary/aromatic N) is 2. The number of anilines is 1. The fourth-order valence-electron chi connectivity index (χ4n) is 2.21. The molecule has 21 heavy (non-hydrogen) atoms. The van der Waals surface area contributed by atoms with E-state index in [0.29, 0.717) is 6.42 Å². The highest BCUT2D eigenvalue weighted by molar-refractivity contribution is 9.10. The van der Waals surface area contributed by atoms with Gasteiger partial charge in [0.15, 0.2) is 0 Å². The number of aliphatic hydroxyl groups excluding tert-OH is 1. The van der Waals surface area contributed by atoms with E-state index in [2.05, 4.69) is 37.3 Å². The number of aromatic nitrogens is 2. The minimum atomic E-state index is 0.0482. The third-order valence-corrected chi connectivity index (χ3v) is 4.69. The van der Waals surface area contributed by atoms with E-state index in [-0.39, 0.29) is 12.6 Å². The SMILES string of the molecule is OCCC(Nc1ncnc2ccc(Br)cc12)c1cccs1. The Hall–Kier alpha value is -1.50. The van der Waals surface area contributed by atoms with E-state index in [4.69, 9.17) is 0 Å². The van der Waals surface area contributed by atoms with Gasteiger partial charge in [0.1, 0.15) is 12.1 Å². The van der Waals surface area contributed by atoms with Gasteiger partial charge in [-0.2, -0.15) is 0 Å². The van der Waals surface area contributed by atoms with Crippen LogP contribution in [0.4, 0.5) is 5.82 Å². The maximum absolute atomic E-state index is 9.30. The van der Waals surface area contributed by atoms with Gasteiger partial charge < -0.3 is 10.4 Å². The first-order valence-corrected chi connectivity index (χ1v) is 8.26. The summed E-state index contributed by atoms with van der Waals surface area (Å²) in [6, 6.07) is 10.1.